The van der Waals surface area contributed by atoms with E-state index in [-0.39, 0.29) is 32.8 Å². The molecular formula is C9H13ClMgO. The molecule has 1 aromatic rings. The fraction of sp³-hybridized carbons (Fsp3) is 0.333. The first kappa shape index (κ1) is 12.1. The van der Waals surface area contributed by atoms with Crippen molar-refractivity contribution in [2.24, 2.45) is 0 Å². The van der Waals surface area contributed by atoms with Gasteiger partial charge in [-0.2, -0.15) is 3.69 Å². The molecule has 0 amide bonds. The van der Waals surface area contributed by atoms with Gasteiger partial charge < -0.3 is 4.74 Å². The molecule has 0 unspecified atom stereocenters. The summed E-state index contributed by atoms with van der Waals surface area (Å²) in [5.74, 6) is 0.957. The summed E-state index contributed by atoms with van der Waals surface area (Å²) in [5, 5.41) is 0. The standard InChI is InChI=1S/C7H7O.C2H5.ClH.Mg/c1-8-7-5-3-2-4-6-7;1-2;;/h3-6H,1H3;1H2,2H3;1H;. The Bertz CT molecular complexity index is 210. The summed E-state index contributed by atoms with van der Waals surface area (Å²) in [5.41, 5.74) is 0. The Morgan fingerprint density at radius 2 is 1.83 bits per heavy atom. The van der Waals surface area contributed by atoms with Gasteiger partial charge in [-0.05, 0) is 12.1 Å². The lowest BCUT2D eigenvalue weighted by atomic mass is 10.3. The summed E-state index contributed by atoms with van der Waals surface area (Å²) < 4.78 is 7.92. The lowest BCUT2D eigenvalue weighted by Gasteiger charge is -2.00. The minimum absolute atomic E-state index is 0. The van der Waals surface area contributed by atoms with E-state index in [1.165, 1.54) is 8.24 Å². The second kappa shape index (κ2) is 6.58. The molecule has 0 fully saturated rings. The molecule has 1 aromatic carbocycles. The zero-order valence-electron chi connectivity index (χ0n) is 7.54. The van der Waals surface area contributed by atoms with E-state index in [0.29, 0.717) is 0 Å². The van der Waals surface area contributed by atoms with Gasteiger partial charge in [0.2, 0.25) is 0 Å². The summed E-state index contributed by atoms with van der Waals surface area (Å²) in [6.07, 6.45) is 0. The van der Waals surface area contributed by atoms with E-state index in [4.69, 9.17) is 4.74 Å². The zero-order valence-corrected chi connectivity index (χ0v) is 9.77. The Morgan fingerprint density at radius 3 is 2.25 bits per heavy atom. The number of ether oxygens (including phenoxy) is 1. The number of benzene rings is 1. The topological polar surface area (TPSA) is 9.23 Å². The molecule has 0 bridgehead atoms. The number of halogens is 1. The molecule has 0 aromatic heterocycles. The molecule has 3 heteroatoms. The summed E-state index contributed by atoms with van der Waals surface area (Å²) in [7, 11) is 1.70. The van der Waals surface area contributed by atoms with Gasteiger partial charge in [0.15, 0.2) is 0 Å². The van der Waals surface area contributed by atoms with Crippen molar-refractivity contribution in [2.75, 3.05) is 7.11 Å². The zero-order chi connectivity index (χ0) is 8.10. The molecule has 0 saturated heterocycles. The van der Waals surface area contributed by atoms with Crippen LogP contribution < -0.4 is 8.43 Å². The molecule has 0 N–H and O–H groups in total. The predicted octanol–water partition coefficient (Wildman–Crippen LogP) is 1.88. The second-order valence-electron chi connectivity index (χ2n) is 2.60. The molecule has 1 rings (SSSR count). The molecule has 0 spiro atoms. The maximum absolute atomic E-state index is 5.06. The minimum Gasteiger partial charge on any atom is -0.497 e. The lowest BCUT2D eigenvalue weighted by molar-refractivity contribution is 0.415. The highest BCUT2D eigenvalue weighted by atomic mass is 35.5. The van der Waals surface area contributed by atoms with E-state index >= 15 is 0 Å². The highest BCUT2D eigenvalue weighted by Gasteiger charge is 1.95. The van der Waals surface area contributed by atoms with Gasteiger partial charge in [0.1, 0.15) is 5.75 Å². The van der Waals surface area contributed by atoms with Crippen molar-refractivity contribution in [1.29, 1.82) is 0 Å². The fourth-order valence-electron chi connectivity index (χ4n) is 1.08. The van der Waals surface area contributed by atoms with E-state index in [1.807, 2.05) is 12.1 Å². The van der Waals surface area contributed by atoms with Crippen molar-refractivity contribution in [2.45, 2.75) is 11.5 Å². The molecule has 12 heavy (non-hydrogen) atoms. The summed E-state index contributed by atoms with van der Waals surface area (Å²) in [6.45, 7) is 2.25. The highest BCUT2D eigenvalue weighted by molar-refractivity contribution is 6.53. The van der Waals surface area contributed by atoms with Crippen LogP contribution in [0.1, 0.15) is 6.92 Å². The van der Waals surface area contributed by atoms with Gasteiger partial charge in [-0.3, -0.25) is 0 Å². The van der Waals surface area contributed by atoms with Crippen LogP contribution in [0.3, 0.4) is 0 Å². The third-order valence-corrected chi connectivity index (χ3v) is 3.25. The highest BCUT2D eigenvalue weighted by Crippen LogP contribution is 2.05. The third-order valence-electron chi connectivity index (χ3n) is 1.70. The first-order valence-electron chi connectivity index (χ1n) is 3.99. The van der Waals surface area contributed by atoms with E-state index in [0.717, 1.165) is 5.75 Å². The molecule has 0 radical (unpaired) electrons. The van der Waals surface area contributed by atoms with E-state index in [1.54, 1.807) is 7.11 Å². The SMILES string of the molecule is C[CH2][Mg][c]1ccc(OC)cc1.Cl. The van der Waals surface area contributed by atoms with Crippen molar-refractivity contribution in [3.8, 4) is 5.75 Å². The summed E-state index contributed by atoms with van der Waals surface area (Å²) in [4.78, 5) is 0. The summed E-state index contributed by atoms with van der Waals surface area (Å²) >= 11 is 0.0198. The molecule has 0 aliphatic carbocycles. The van der Waals surface area contributed by atoms with Gasteiger partial charge >= 0.3 is 20.4 Å². The smallest absolute Gasteiger partial charge is 0.408 e. The van der Waals surface area contributed by atoms with Gasteiger partial charge in [0.05, 0.1) is 7.11 Å². The van der Waals surface area contributed by atoms with Crippen LogP contribution >= 0.6 is 12.4 Å². The van der Waals surface area contributed by atoms with Gasteiger partial charge in [-0.25, -0.2) is 0 Å². The van der Waals surface area contributed by atoms with E-state index in [2.05, 4.69) is 19.1 Å². The Balaban J connectivity index is 0.00000121. The Morgan fingerprint density at radius 1 is 1.25 bits per heavy atom. The Labute approximate surface area is 89.6 Å². The van der Waals surface area contributed by atoms with Gasteiger partial charge in [-0.1, -0.05) is 19.1 Å². The second-order valence-corrected chi connectivity index (χ2v) is 4.91. The van der Waals surface area contributed by atoms with Crippen LogP contribution in [0.2, 0.25) is 4.55 Å². The number of rotatable bonds is 3. The minimum atomic E-state index is 0. The van der Waals surface area contributed by atoms with Gasteiger partial charge in [0, 0.05) is 0 Å². The van der Waals surface area contributed by atoms with E-state index < -0.39 is 0 Å². The molecule has 0 heterocycles. The number of methoxy groups -OCH3 is 1. The van der Waals surface area contributed by atoms with Crippen LogP contribution in [0.5, 0.6) is 5.75 Å². The van der Waals surface area contributed by atoms with Crippen molar-refractivity contribution in [3.63, 3.8) is 0 Å². The van der Waals surface area contributed by atoms with Crippen LogP contribution in [0, 0.1) is 0 Å². The van der Waals surface area contributed by atoms with Crippen LogP contribution in [0.25, 0.3) is 0 Å². The molecule has 1 nitrogen and oxygen atoms in total. The van der Waals surface area contributed by atoms with Crippen molar-refractivity contribution < 1.29 is 4.74 Å². The average molecular weight is 197 g/mol. The monoisotopic (exact) mass is 196 g/mol. The van der Waals surface area contributed by atoms with Crippen LogP contribution in [-0.2, 0) is 0 Å². The predicted molar refractivity (Wildman–Crippen MR) is 56.1 cm³/mol. The molecular weight excluding hydrogens is 184 g/mol. The van der Waals surface area contributed by atoms with Gasteiger partial charge in [-0.15, -0.1) is 17.0 Å². The Hall–Kier alpha value is 0.0762. The Kier molecular flexibility index (Phi) is 6.62. The van der Waals surface area contributed by atoms with Gasteiger partial charge in [0.25, 0.3) is 0 Å². The lowest BCUT2D eigenvalue weighted by Crippen LogP contribution is -2.11. The third kappa shape index (κ3) is 3.65. The van der Waals surface area contributed by atoms with Crippen LogP contribution in [-0.4, -0.2) is 27.5 Å². The van der Waals surface area contributed by atoms with Crippen molar-refractivity contribution in [3.05, 3.63) is 24.3 Å². The largest absolute Gasteiger partial charge is 0.497 e. The van der Waals surface area contributed by atoms with Crippen LogP contribution in [0.4, 0.5) is 0 Å². The van der Waals surface area contributed by atoms with Crippen molar-refractivity contribution in [1.82, 2.24) is 0 Å². The summed E-state index contributed by atoms with van der Waals surface area (Å²) in [6, 6.07) is 8.43. The molecule has 0 atom stereocenters. The first-order chi connectivity index (χ1) is 5.36. The maximum atomic E-state index is 5.06. The van der Waals surface area contributed by atoms with Crippen LogP contribution in [0.15, 0.2) is 24.3 Å². The normalized spacial score (nSPS) is 8.17. The first-order valence-corrected chi connectivity index (χ1v) is 5.70. The van der Waals surface area contributed by atoms with E-state index in [9.17, 15) is 0 Å². The number of hydrogen-bond acceptors (Lipinski definition) is 1. The number of hydrogen-bond donors (Lipinski definition) is 0. The van der Waals surface area contributed by atoms with Crippen molar-refractivity contribution >= 4 is 36.5 Å². The molecule has 0 saturated carbocycles. The quantitative estimate of drug-likeness (QED) is 0.672. The average Bonchev–Trinajstić information content (AvgIpc) is 2.07. The molecule has 0 aliphatic heterocycles. The fourth-order valence-corrected chi connectivity index (χ4v) is 2.23. The molecule has 64 valence electrons. The maximum Gasteiger partial charge on any atom is 0.408 e. The molecule has 0 aliphatic rings.